The lowest BCUT2D eigenvalue weighted by atomic mass is 9.68. The molecule has 1 heterocycles. The van der Waals surface area contributed by atoms with Gasteiger partial charge in [0.05, 0.1) is 0 Å². The maximum absolute atomic E-state index is 3.54. The van der Waals surface area contributed by atoms with Crippen LogP contribution in [-0.4, -0.2) is 13.1 Å². The summed E-state index contributed by atoms with van der Waals surface area (Å²) in [6.07, 6.45) is 8.87. The van der Waals surface area contributed by atoms with Crippen molar-refractivity contribution >= 4 is 0 Å². The van der Waals surface area contributed by atoms with Crippen molar-refractivity contribution < 1.29 is 0 Å². The van der Waals surface area contributed by atoms with Gasteiger partial charge in [0, 0.05) is 0 Å². The molecule has 0 aromatic heterocycles. The summed E-state index contributed by atoms with van der Waals surface area (Å²) in [7, 11) is 0. The third-order valence-corrected chi connectivity index (χ3v) is 4.15. The van der Waals surface area contributed by atoms with E-state index < -0.39 is 0 Å². The predicted molar refractivity (Wildman–Crippen MR) is 52.2 cm³/mol. The van der Waals surface area contributed by atoms with E-state index in [1.54, 1.807) is 0 Å². The molecule has 0 radical (unpaired) electrons. The molecule has 0 bridgehead atoms. The third kappa shape index (κ3) is 1.28. The molecule has 0 amide bonds. The molecule has 0 aromatic carbocycles. The Morgan fingerprint density at radius 2 is 2.00 bits per heavy atom. The first-order valence-electron chi connectivity index (χ1n) is 5.58. The van der Waals surface area contributed by atoms with E-state index in [0.717, 1.165) is 11.3 Å². The SMILES string of the molecule is CCC1CNCCC12CCCC2. The van der Waals surface area contributed by atoms with Crippen LogP contribution in [0.1, 0.15) is 45.4 Å². The first-order valence-corrected chi connectivity index (χ1v) is 5.58. The van der Waals surface area contributed by atoms with E-state index in [4.69, 9.17) is 0 Å². The Balaban J connectivity index is 2.07. The highest BCUT2D eigenvalue weighted by molar-refractivity contribution is 4.94. The standard InChI is InChI=1S/C11H21N/c1-2-10-9-12-8-7-11(10)5-3-4-6-11/h10,12H,2-9H2,1H3. The van der Waals surface area contributed by atoms with Gasteiger partial charge in [0.2, 0.25) is 0 Å². The Morgan fingerprint density at radius 1 is 1.25 bits per heavy atom. The molecule has 1 aliphatic carbocycles. The normalized spacial score (nSPS) is 34.2. The predicted octanol–water partition coefficient (Wildman–Crippen LogP) is 2.57. The zero-order valence-electron chi connectivity index (χ0n) is 8.23. The maximum Gasteiger partial charge on any atom is -0.00153 e. The van der Waals surface area contributed by atoms with Gasteiger partial charge in [-0.05, 0) is 43.7 Å². The fraction of sp³-hybridized carbons (Fsp3) is 1.00. The van der Waals surface area contributed by atoms with Crippen molar-refractivity contribution in [2.75, 3.05) is 13.1 Å². The van der Waals surface area contributed by atoms with Gasteiger partial charge < -0.3 is 5.32 Å². The Labute approximate surface area is 75.9 Å². The molecule has 1 unspecified atom stereocenters. The lowest BCUT2D eigenvalue weighted by Gasteiger charge is -2.41. The Hall–Kier alpha value is -0.0400. The molecular weight excluding hydrogens is 146 g/mol. The quantitative estimate of drug-likeness (QED) is 0.633. The Kier molecular flexibility index (Phi) is 2.40. The fourth-order valence-corrected chi connectivity index (χ4v) is 3.35. The molecule has 2 aliphatic rings. The summed E-state index contributed by atoms with van der Waals surface area (Å²) in [4.78, 5) is 0. The molecule has 2 rings (SSSR count). The minimum Gasteiger partial charge on any atom is -0.316 e. The van der Waals surface area contributed by atoms with Gasteiger partial charge in [-0.3, -0.25) is 0 Å². The average Bonchev–Trinajstić information content (AvgIpc) is 2.55. The van der Waals surface area contributed by atoms with Crippen molar-refractivity contribution in [2.45, 2.75) is 45.4 Å². The second-order valence-corrected chi connectivity index (χ2v) is 4.63. The highest BCUT2D eigenvalue weighted by Gasteiger charge is 2.41. The van der Waals surface area contributed by atoms with Crippen LogP contribution in [0.15, 0.2) is 0 Å². The highest BCUT2D eigenvalue weighted by Crippen LogP contribution is 2.49. The van der Waals surface area contributed by atoms with Gasteiger partial charge in [0.1, 0.15) is 0 Å². The van der Waals surface area contributed by atoms with E-state index in [1.807, 2.05) is 0 Å². The molecule has 1 N–H and O–H groups in total. The van der Waals surface area contributed by atoms with Gasteiger partial charge in [-0.1, -0.05) is 26.2 Å². The second kappa shape index (κ2) is 3.37. The molecule has 0 aromatic rings. The topological polar surface area (TPSA) is 12.0 Å². The van der Waals surface area contributed by atoms with Crippen LogP contribution in [-0.2, 0) is 0 Å². The van der Waals surface area contributed by atoms with Gasteiger partial charge in [-0.2, -0.15) is 0 Å². The molecule has 1 atom stereocenters. The zero-order valence-corrected chi connectivity index (χ0v) is 8.23. The lowest BCUT2D eigenvalue weighted by Crippen LogP contribution is -2.43. The second-order valence-electron chi connectivity index (χ2n) is 4.63. The van der Waals surface area contributed by atoms with Gasteiger partial charge in [-0.15, -0.1) is 0 Å². The Bertz CT molecular complexity index is 147. The fourth-order valence-electron chi connectivity index (χ4n) is 3.35. The van der Waals surface area contributed by atoms with Gasteiger partial charge in [-0.25, -0.2) is 0 Å². The minimum atomic E-state index is 0.778. The molecule has 12 heavy (non-hydrogen) atoms. The Morgan fingerprint density at radius 3 is 2.67 bits per heavy atom. The minimum absolute atomic E-state index is 0.778. The molecule has 1 spiro atoms. The third-order valence-electron chi connectivity index (χ3n) is 4.15. The summed E-state index contributed by atoms with van der Waals surface area (Å²) >= 11 is 0. The van der Waals surface area contributed by atoms with Crippen molar-refractivity contribution in [1.82, 2.24) is 5.32 Å². The summed E-state index contributed by atoms with van der Waals surface area (Å²) in [6.45, 7) is 4.92. The highest BCUT2D eigenvalue weighted by atomic mass is 14.9. The number of piperidine rings is 1. The number of rotatable bonds is 1. The van der Waals surface area contributed by atoms with Crippen LogP contribution in [0.3, 0.4) is 0 Å². The number of hydrogen-bond donors (Lipinski definition) is 1. The van der Waals surface area contributed by atoms with Crippen LogP contribution in [0.4, 0.5) is 0 Å². The molecular formula is C11H21N. The van der Waals surface area contributed by atoms with E-state index in [-0.39, 0.29) is 0 Å². The van der Waals surface area contributed by atoms with Crippen molar-refractivity contribution in [1.29, 1.82) is 0 Å². The van der Waals surface area contributed by atoms with Gasteiger partial charge in [0.15, 0.2) is 0 Å². The maximum atomic E-state index is 3.54. The largest absolute Gasteiger partial charge is 0.316 e. The van der Waals surface area contributed by atoms with Crippen molar-refractivity contribution in [2.24, 2.45) is 11.3 Å². The molecule has 2 fully saturated rings. The summed E-state index contributed by atoms with van der Waals surface area (Å²) in [5.41, 5.74) is 0.778. The molecule has 1 aliphatic heterocycles. The van der Waals surface area contributed by atoms with E-state index in [9.17, 15) is 0 Å². The van der Waals surface area contributed by atoms with E-state index in [2.05, 4.69) is 12.2 Å². The summed E-state index contributed by atoms with van der Waals surface area (Å²) in [5.74, 6) is 0.980. The number of nitrogens with one attached hydrogen (secondary N) is 1. The molecule has 70 valence electrons. The molecule has 1 saturated carbocycles. The zero-order chi connectivity index (χ0) is 8.44. The average molecular weight is 167 g/mol. The smallest absolute Gasteiger partial charge is 0.00153 e. The van der Waals surface area contributed by atoms with Crippen LogP contribution in [0, 0.1) is 11.3 Å². The summed E-state index contributed by atoms with van der Waals surface area (Å²) in [5, 5.41) is 3.54. The molecule has 1 nitrogen and oxygen atoms in total. The molecule has 1 heteroatoms. The van der Waals surface area contributed by atoms with Crippen molar-refractivity contribution in [3.05, 3.63) is 0 Å². The van der Waals surface area contributed by atoms with Crippen LogP contribution in [0.2, 0.25) is 0 Å². The monoisotopic (exact) mass is 167 g/mol. The van der Waals surface area contributed by atoms with Crippen molar-refractivity contribution in [3.8, 4) is 0 Å². The van der Waals surface area contributed by atoms with Crippen LogP contribution >= 0.6 is 0 Å². The van der Waals surface area contributed by atoms with E-state index >= 15 is 0 Å². The van der Waals surface area contributed by atoms with E-state index in [1.165, 1.54) is 51.6 Å². The van der Waals surface area contributed by atoms with Crippen LogP contribution < -0.4 is 5.32 Å². The first kappa shape index (κ1) is 8.55. The van der Waals surface area contributed by atoms with Crippen molar-refractivity contribution in [3.63, 3.8) is 0 Å². The van der Waals surface area contributed by atoms with Crippen LogP contribution in [0.5, 0.6) is 0 Å². The van der Waals surface area contributed by atoms with E-state index in [0.29, 0.717) is 0 Å². The van der Waals surface area contributed by atoms with Crippen LogP contribution in [0.25, 0.3) is 0 Å². The molecule has 1 saturated heterocycles. The first-order chi connectivity index (χ1) is 5.87. The lowest BCUT2D eigenvalue weighted by molar-refractivity contribution is 0.111. The summed E-state index contributed by atoms with van der Waals surface area (Å²) in [6, 6.07) is 0. The number of hydrogen-bond acceptors (Lipinski definition) is 1. The summed E-state index contributed by atoms with van der Waals surface area (Å²) < 4.78 is 0. The van der Waals surface area contributed by atoms with Gasteiger partial charge >= 0.3 is 0 Å². The van der Waals surface area contributed by atoms with Gasteiger partial charge in [0.25, 0.3) is 0 Å².